The first-order valence-corrected chi connectivity index (χ1v) is 5.32. The van der Waals surface area contributed by atoms with E-state index >= 15 is 0 Å². The van der Waals surface area contributed by atoms with Gasteiger partial charge in [0.15, 0.2) is 0 Å². The van der Waals surface area contributed by atoms with Crippen LogP contribution in [0.25, 0.3) is 22.0 Å². The first-order chi connectivity index (χ1) is 8.38. The zero-order valence-electron chi connectivity index (χ0n) is 9.01. The maximum absolute atomic E-state index is 8.77. The highest BCUT2D eigenvalue weighted by atomic mass is 14.9. The van der Waals surface area contributed by atoms with E-state index in [0.29, 0.717) is 5.82 Å². The van der Waals surface area contributed by atoms with Crippen LogP contribution >= 0.6 is 0 Å². The van der Waals surface area contributed by atoms with Gasteiger partial charge in [-0.15, -0.1) is 0 Å². The number of imidazole rings is 1. The van der Waals surface area contributed by atoms with E-state index in [1.165, 1.54) is 5.39 Å². The van der Waals surface area contributed by atoms with E-state index in [4.69, 9.17) is 5.26 Å². The molecule has 0 aliphatic heterocycles. The number of H-pyrrole nitrogens is 1. The third-order valence-electron chi connectivity index (χ3n) is 2.76. The highest BCUT2D eigenvalue weighted by molar-refractivity contribution is 5.95. The monoisotopic (exact) mass is 219 g/mol. The van der Waals surface area contributed by atoms with Gasteiger partial charge in [0, 0.05) is 5.56 Å². The molecule has 0 atom stereocenters. The van der Waals surface area contributed by atoms with E-state index in [1.807, 2.05) is 30.3 Å². The number of aromatic nitrogens is 2. The number of aromatic amines is 1. The van der Waals surface area contributed by atoms with Crippen LogP contribution in [-0.2, 0) is 0 Å². The molecule has 80 valence electrons. The zero-order chi connectivity index (χ0) is 11.7. The van der Waals surface area contributed by atoms with E-state index in [9.17, 15) is 0 Å². The minimum atomic E-state index is 0.341. The molecule has 0 unspecified atom stereocenters. The Hall–Kier alpha value is -2.60. The minimum Gasteiger partial charge on any atom is -0.329 e. The lowest BCUT2D eigenvalue weighted by molar-refractivity contribution is 1.23. The summed E-state index contributed by atoms with van der Waals surface area (Å²) in [5, 5.41) is 11.1. The number of hydrogen-bond donors (Lipinski definition) is 1. The van der Waals surface area contributed by atoms with Crippen molar-refractivity contribution in [3.63, 3.8) is 0 Å². The van der Waals surface area contributed by atoms with Crippen molar-refractivity contribution >= 4 is 10.8 Å². The fraction of sp³-hybridized carbons (Fsp3) is 0. The van der Waals surface area contributed by atoms with E-state index in [-0.39, 0.29) is 0 Å². The van der Waals surface area contributed by atoms with E-state index < -0.39 is 0 Å². The lowest BCUT2D eigenvalue weighted by Gasteiger charge is -2.03. The SMILES string of the molecule is N#Cc1ncc(-c2cccc3ccccc23)[nH]1. The Balaban J connectivity index is 2.27. The Labute approximate surface area is 98.4 Å². The van der Waals surface area contributed by atoms with Crippen molar-refractivity contribution in [2.45, 2.75) is 0 Å². The molecule has 0 aliphatic carbocycles. The summed E-state index contributed by atoms with van der Waals surface area (Å²) in [7, 11) is 0. The molecule has 2 aromatic carbocycles. The normalized spacial score (nSPS) is 10.3. The number of nitriles is 1. The Morgan fingerprint density at radius 3 is 2.71 bits per heavy atom. The van der Waals surface area contributed by atoms with Gasteiger partial charge in [0.05, 0.1) is 11.9 Å². The quantitative estimate of drug-likeness (QED) is 0.683. The predicted molar refractivity (Wildman–Crippen MR) is 66.2 cm³/mol. The van der Waals surface area contributed by atoms with E-state index in [2.05, 4.69) is 28.2 Å². The van der Waals surface area contributed by atoms with Crippen molar-refractivity contribution in [2.75, 3.05) is 0 Å². The Kier molecular flexibility index (Phi) is 2.13. The van der Waals surface area contributed by atoms with Crippen molar-refractivity contribution in [3.8, 4) is 17.3 Å². The van der Waals surface area contributed by atoms with Crippen LogP contribution in [-0.4, -0.2) is 9.97 Å². The molecule has 3 nitrogen and oxygen atoms in total. The maximum Gasteiger partial charge on any atom is 0.210 e. The average Bonchev–Trinajstić information content (AvgIpc) is 2.87. The lowest BCUT2D eigenvalue weighted by atomic mass is 10.0. The molecule has 0 saturated heterocycles. The van der Waals surface area contributed by atoms with Gasteiger partial charge in [0.2, 0.25) is 5.82 Å². The Bertz CT molecular complexity index is 714. The van der Waals surface area contributed by atoms with Crippen LogP contribution in [0, 0.1) is 11.3 Å². The van der Waals surface area contributed by atoms with Gasteiger partial charge >= 0.3 is 0 Å². The molecule has 1 heterocycles. The average molecular weight is 219 g/mol. The second-order valence-electron chi connectivity index (χ2n) is 3.78. The number of fused-ring (bicyclic) bond motifs is 1. The van der Waals surface area contributed by atoms with Gasteiger partial charge < -0.3 is 4.98 Å². The maximum atomic E-state index is 8.77. The summed E-state index contributed by atoms with van der Waals surface area (Å²) in [6, 6.07) is 16.3. The molecule has 0 spiro atoms. The molecule has 3 rings (SSSR count). The van der Waals surface area contributed by atoms with Crippen LogP contribution < -0.4 is 0 Å². The smallest absolute Gasteiger partial charge is 0.210 e. The summed E-state index contributed by atoms with van der Waals surface area (Å²) in [5.41, 5.74) is 1.94. The largest absolute Gasteiger partial charge is 0.329 e. The number of benzene rings is 2. The van der Waals surface area contributed by atoms with Crippen LogP contribution in [0.5, 0.6) is 0 Å². The minimum absolute atomic E-state index is 0.341. The van der Waals surface area contributed by atoms with E-state index in [1.54, 1.807) is 6.20 Å². The Morgan fingerprint density at radius 2 is 1.88 bits per heavy atom. The molecule has 1 N–H and O–H groups in total. The lowest BCUT2D eigenvalue weighted by Crippen LogP contribution is -1.81. The van der Waals surface area contributed by atoms with Crippen LogP contribution in [0.1, 0.15) is 5.82 Å². The molecule has 17 heavy (non-hydrogen) atoms. The van der Waals surface area contributed by atoms with Crippen LogP contribution in [0.3, 0.4) is 0 Å². The molecule has 1 aromatic heterocycles. The van der Waals surface area contributed by atoms with E-state index in [0.717, 1.165) is 16.6 Å². The van der Waals surface area contributed by atoms with Gasteiger partial charge in [0.25, 0.3) is 0 Å². The molecular weight excluding hydrogens is 210 g/mol. The summed E-state index contributed by atoms with van der Waals surface area (Å²) in [6.07, 6.45) is 1.69. The number of nitrogens with zero attached hydrogens (tertiary/aromatic N) is 2. The number of nitrogens with one attached hydrogen (secondary N) is 1. The van der Waals surface area contributed by atoms with Crippen molar-refractivity contribution in [1.82, 2.24) is 9.97 Å². The summed E-state index contributed by atoms with van der Waals surface area (Å²) in [5.74, 6) is 0.341. The molecule has 3 aromatic rings. The van der Waals surface area contributed by atoms with Crippen LogP contribution in [0.4, 0.5) is 0 Å². The van der Waals surface area contributed by atoms with Crippen molar-refractivity contribution in [2.24, 2.45) is 0 Å². The molecule has 0 radical (unpaired) electrons. The van der Waals surface area contributed by atoms with Crippen molar-refractivity contribution < 1.29 is 0 Å². The fourth-order valence-corrected chi connectivity index (χ4v) is 1.98. The van der Waals surface area contributed by atoms with Gasteiger partial charge in [-0.1, -0.05) is 42.5 Å². The molecule has 3 heteroatoms. The third-order valence-corrected chi connectivity index (χ3v) is 2.76. The summed E-state index contributed by atoms with van der Waals surface area (Å²) < 4.78 is 0. The Morgan fingerprint density at radius 1 is 1.06 bits per heavy atom. The third kappa shape index (κ3) is 1.56. The first-order valence-electron chi connectivity index (χ1n) is 5.32. The number of rotatable bonds is 1. The molecule has 0 amide bonds. The second kappa shape index (κ2) is 3.76. The zero-order valence-corrected chi connectivity index (χ0v) is 9.01. The van der Waals surface area contributed by atoms with Gasteiger partial charge in [-0.05, 0) is 10.8 Å². The highest BCUT2D eigenvalue weighted by Crippen LogP contribution is 2.26. The molecule has 0 bridgehead atoms. The summed E-state index contributed by atoms with van der Waals surface area (Å²) in [4.78, 5) is 7.00. The standard InChI is InChI=1S/C14H9N3/c15-8-14-16-9-13(17-14)12-7-3-5-10-4-1-2-6-11(10)12/h1-7,9H,(H,16,17). The van der Waals surface area contributed by atoms with Gasteiger partial charge in [0.1, 0.15) is 6.07 Å². The van der Waals surface area contributed by atoms with Crippen LogP contribution in [0.2, 0.25) is 0 Å². The topological polar surface area (TPSA) is 52.5 Å². The molecule has 0 saturated carbocycles. The van der Waals surface area contributed by atoms with Gasteiger partial charge in [-0.3, -0.25) is 0 Å². The fourth-order valence-electron chi connectivity index (χ4n) is 1.98. The number of hydrogen-bond acceptors (Lipinski definition) is 2. The summed E-state index contributed by atoms with van der Waals surface area (Å²) in [6.45, 7) is 0. The van der Waals surface area contributed by atoms with Crippen LogP contribution in [0.15, 0.2) is 48.7 Å². The van der Waals surface area contributed by atoms with Gasteiger partial charge in [-0.2, -0.15) is 5.26 Å². The summed E-state index contributed by atoms with van der Waals surface area (Å²) >= 11 is 0. The molecule has 0 aliphatic rings. The van der Waals surface area contributed by atoms with Crippen molar-refractivity contribution in [3.05, 3.63) is 54.5 Å². The molecular formula is C14H9N3. The van der Waals surface area contributed by atoms with Crippen molar-refractivity contribution in [1.29, 1.82) is 5.26 Å². The first kappa shape index (κ1) is 9.61. The highest BCUT2D eigenvalue weighted by Gasteiger charge is 2.05. The molecule has 0 fully saturated rings. The predicted octanol–water partition coefficient (Wildman–Crippen LogP) is 3.10. The van der Waals surface area contributed by atoms with Gasteiger partial charge in [-0.25, -0.2) is 4.98 Å². The second-order valence-corrected chi connectivity index (χ2v) is 3.78.